The summed E-state index contributed by atoms with van der Waals surface area (Å²) in [6, 6.07) is 9.35. The molecule has 3 nitrogen and oxygen atoms in total. The lowest BCUT2D eigenvalue weighted by molar-refractivity contribution is -0.0266. The monoisotopic (exact) mass is 195 g/mol. The highest BCUT2D eigenvalue weighted by Crippen LogP contribution is 2.11. The zero-order valence-corrected chi connectivity index (χ0v) is 8.68. The Labute approximate surface area is 84.9 Å². The van der Waals surface area contributed by atoms with Gasteiger partial charge in [-0.05, 0) is 26.2 Å². The maximum absolute atomic E-state index is 9.50. The van der Waals surface area contributed by atoms with Gasteiger partial charge in [0.2, 0.25) is 0 Å². The van der Waals surface area contributed by atoms with Crippen molar-refractivity contribution in [1.82, 2.24) is 4.90 Å². The van der Waals surface area contributed by atoms with Gasteiger partial charge in [-0.25, -0.2) is 0 Å². The Bertz CT molecular complexity index is 249. The fourth-order valence-corrected chi connectivity index (χ4v) is 1.08. The topological polar surface area (TPSA) is 32.7 Å². The van der Waals surface area contributed by atoms with Gasteiger partial charge in [0.1, 0.15) is 5.75 Å². The number of aliphatic hydroxyl groups is 1. The van der Waals surface area contributed by atoms with Crippen molar-refractivity contribution in [3.8, 4) is 5.75 Å². The van der Waals surface area contributed by atoms with E-state index in [1.165, 1.54) is 0 Å². The molecule has 1 atom stereocenters. The second kappa shape index (κ2) is 5.62. The van der Waals surface area contributed by atoms with Gasteiger partial charge in [0.25, 0.3) is 0 Å². The first kappa shape index (κ1) is 11.0. The van der Waals surface area contributed by atoms with Gasteiger partial charge in [0.05, 0.1) is 0 Å². The van der Waals surface area contributed by atoms with Gasteiger partial charge in [-0.3, -0.25) is 0 Å². The summed E-state index contributed by atoms with van der Waals surface area (Å²) >= 11 is 0. The summed E-state index contributed by atoms with van der Waals surface area (Å²) in [6.07, 6.45) is -0.109. The van der Waals surface area contributed by atoms with Gasteiger partial charge in [-0.2, -0.15) is 0 Å². The number of hydrogen-bond acceptors (Lipinski definition) is 3. The van der Waals surface area contributed by atoms with Crippen molar-refractivity contribution in [3.05, 3.63) is 30.3 Å². The molecule has 3 heteroatoms. The van der Waals surface area contributed by atoms with E-state index in [2.05, 4.69) is 0 Å². The second-order valence-electron chi connectivity index (χ2n) is 3.48. The maximum atomic E-state index is 9.50. The Morgan fingerprint density at radius 2 is 1.93 bits per heavy atom. The fourth-order valence-electron chi connectivity index (χ4n) is 1.08. The highest BCUT2D eigenvalue weighted by Gasteiger charge is 2.05. The molecule has 0 aliphatic carbocycles. The van der Waals surface area contributed by atoms with E-state index in [4.69, 9.17) is 4.74 Å². The molecule has 1 N–H and O–H groups in total. The van der Waals surface area contributed by atoms with Crippen molar-refractivity contribution in [2.24, 2.45) is 0 Å². The highest BCUT2D eigenvalue weighted by atomic mass is 16.6. The third-order valence-electron chi connectivity index (χ3n) is 1.84. The van der Waals surface area contributed by atoms with Gasteiger partial charge in [-0.1, -0.05) is 18.2 Å². The van der Waals surface area contributed by atoms with E-state index in [9.17, 15) is 5.11 Å². The summed E-state index contributed by atoms with van der Waals surface area (Å²) in [5.41, 5.74) is 0. The molecule has 0 bridgehead atoms. The van der Waals surface area contributed by atoms with Crippen molar-refractivity contribution < 1.29 is 9.84 Å². The van der Waals surface area contributed by atoms with Crippen LogP contribution in [0.15, 0.2) is 30.3 Å². The van der Waals surface area contributed by atoms with E-state index in [1.54, 1.807) is 0 Å². The predicted octanol–water partition coefficient (Wildman–Crippen LogP) is 1.34. The lowest BCUT2D eigenvalue weighted by Crippen LogP contribution is -2.23. The van der Waals surface area contributed by atoms with Gasteiger partial charge in [0.15, 0.2) is 6.29 Å². The highest BCUT2D eigenvalue weighted by molar-refractivity contribution is 5.20. The quantitative estimate of drug-likeness (QED) is 0.720. The van der Waals surface area contributed by atoms with Crippen LogP contribution in [0.1, 0.15) is 6.42 Å². The van der Waals surface area contributed by atoms with Crippen LogP contribution in [0.3, 0.4) is 0 Å². The third kappa shape index (κ3) is 4.25. The average Bonchev–Trinajstić information content (AvgIpc) is 2.16. The van der Waals surface area contributed by atoms with E-state index in [0.29, 0.717) is 12.2 Å². The first-order chi connectivity index (χ1) is 6.68. The summed E-state index contributed by atoms with van der Waals surface area (Å²) in [6.45, 7) is 0.813. The van der Waals surface area contributed by atoms with Crippen molar-refractivity contribution in [3.63, 3.8) is 0 Å². The van der Waals surface area contributed by atoms with Crippen LogP contribution >= 0.6 is 0 Å². The molecule has 0 saturated carbocycles. The molecule has 0 spiro atoms. The lowest BCUT2D eigenvalue weighted by Gasteiger charge is -2.15. The Hall–Kier alpha value is -1.06. The first-order valence-corrected chi connectivity index (χ1v) is 4.73. The van der Waals surface area contributed by atoms with Crippen molar-refractivity contribution in [1.29, 1.82) is 0 Å². The molecule has 0 aliphatic heterocycles. The molecule has 0 fully saturated rings. The number of nitrogens with zero attached hydrogens (tertiary/aromatic N) is 1. The van der Waals surface area contributed by atoms with Crippen LogP contribution in [0.2, 0.25) is 0 Å². The zero-order chi connectivity index (χ0) is 10.4. The first-order valence-electron chi connectivity index (χ1n) is 4.73. The van der Waals surface area contributed by atoms with E-state index >= 15 is 0 Å². The predicted molar refractivity (Wildman–Crippen MR) is 56.2 cm³/mol. The minimum absolute atomic E-state index is 0.613. The van der Waals surface area contributed by atoms with Crippen LogP contribution < -0.4 is 4.74 Å². The van der Waals surface area contributed by atoms with Crippen LogP contribution in [-0.2, 0) is 0 Å². The van der Waals surface area contributed by atoms with Gasteiger partial charge in [-0.15, -0.1) is 0 Å². The van der Waals surface area contributed by atoms with Gasteiger partial charge >= 0.3 is 0 Å². The molecule has 1 rings (SSSR count). The largest absolute Gasteiger partial charge is 0.465 e. The zero-order valence-electron chi connectivity index (χ0n) is 8.68. The lowest BCUT2D eigenvalue weighted by atomic mass is 10.3. The summed E-state index contributed by atoms with van der Waals surface area (Å²) < 4.78 is 5.29. The minimum atomic E-state index is -0.722. The number of para-hydroxylation sites is 1. The molecule has 0 saturated heterocycles. The van der Waals surface area contributed by atoms with Crippen molar-refractivity contribution in [2.45, 2.75) is 12.7 Å². The van der Waals surface area contributed by atoms with E-state index in [1.807, 2.05) is 49.3 Å². The molecule has 1 unspecified atom stereocenters. The summed E-state index contributed by atoms with van der Waals surface area (Å²) in [7, 11) is 3.93. The molecule has 1 aromatic rings. The standard InChI is InChI=1S/C11H17NO2/c1-12(2)9-8-11(13)14-10-6-4-3-5-7-10/h3-7,11,13H,8-9H2,1-2H3. The molecular formula is C11H17NO2. The fraction of sp³-hybridized carbons (Fsp3) is 0.455. The van der Waals surface area contributed by atoms with E-state index in [0.717, 1.165) is 6.54 Å². The Kier molecular flexibility index (Phi) is 4.43. The van der Waals surface area contributed by atoms with Crippen LogP contribution in [0.4, 0.5) is 0 Å². The molecule has 0 radical (unpaired) electrons. The van der Waals surface area contributed by atoms with Gasteiger partial charge in [0, 0.05) is 13.0 Å². The van der Waals surface area contributed by atoms with Crippen LogP contribution in [-0.4, -0.2) is 36.9 Å². The van der Waals surface area contributed by atoms with Gasteiger partial charge < -0.3 is 14.7 Å². The number of aliphatic hydroxyl groups excluding tert-OH is 1. The summed E-state index contributed by atoms with van der Waals surface area (Å²) in [5.74, 6) is 0.707. The average molecular weight is 195 g/mol. The van der Waals surface area contributed by atoms with Crippen LogP contribution in [0, 0.1) is 0 Å². The summed E-state index contributed by atoms with van der Waals surface area (Å²) in [4.78, 5) is 2.01. The molecule has 0 aromatic heterocycles. The number of rotatable bonds is 5. The number of ether oxygens (including phenoxy) is 1. The Morgan fingerprint density at radius 1 is 1.29 bits per heavy atom. The molecule has 1 aromatic carbocycles. The smallest absolute Gasteiger partial charge is 0.198 e. The minimum Gasteiger partial charge on any atom is -0.465 e. The van der Waals surface area contributed by atoms with E-state index < -0.39 is 6.29 Å². The molecular weight excluding hydrogens is 178 g/mol. The third-order valence-corrected chi connectivity index (χ3v) is 1.84. The molecule has 78 valence electrons. The van der Waals surface area contributed by atoms with Crippen molar-refractivity contribution in [2.75, 3.05) is 20.6 Å². The van der Waals surface area contributed by atoms with Crippen LogP contribution in [0.25, 0.3) is 0 Å². The second-order valence-corrected chi connectivity index (χ2v) is 3.48. The maximum Gasteiger partial charge on any atom is 0.198 e. The Morgan fingerprint density at radius 3 is 2.50 bits per heavy atom. The Balaban J connectivity index is 2.30. The van der Waals surface area contributed by atoms with Crippen molar-refractivity contribution >= 4 is 0 Å². The number of benzene rings is 1. The van der Waals surface area contributed by atoms with Crippen LogP contribution in [0.5, 0.6) is 5.75 Å². The SMILES string of the molecule is CN(C)CCC(O)Oc1ccccc1. The normalized spacial score (nSPS) is 12.9. The molecule has 0 heterocycles. The summed E-state index contributed by atoms with van der Waals surface area (Å²) in [5, 5.41) is 9.50. The molecule has 0 amide bonds. The number of hydrogen-bond donors (Lipinski definition) is 1. The molecule has 14 heavy (non-hydrogen) atoms. The molecule has 0 aliphatic rings. The van der Waals surface area contributed by atoms with E-state index in [-0.39, 0.29) is 0 Å².